The maximum atomic E-state index is 9.42. The zero-order chi connectivity index (χ0) is 8.10. The van der Waals surface area contributed by atoms with Crippen LogP contribution in [0, 0.1) is 0 Å². The van der Waals surface area contributed by atoms with Gasteiger partial charge in [-0.1, -0.05) is 24.4 Å². The Balaban J connectivity index is 2.51. The van der Waals surface area contributed by atoms with Crippen LogP contribution in [0.2, 0.25) is 0 Å². The van der Waals surface area contributed by atoms with E-state index in [0.29, 0.717) is 0 Å². The number of aliphatic hydroxyl groups excluding tert-OH is 1. The highest BCUT2D eigenvalue weighted by atomic mass is 16.3. The van der Waals surface area contributed by atoms with Gasteiger partial charge in [-0.25, -0.2) is 0 Å². The van der Waals surface area contributed by atoms with Gasteiger partial charge in [0.2, 0.25) is 0 Å². The number of rotatable bonds is 1. The van der Waals surface area contributed by atoms with Gasteiger partial charge in [0.15, 0.2) is 0 Å². The molecule has 62 valence electrons. The van der Waals surface area contributed by atoms with Crippen LogP contribution in [-0.4, -0.2) is 17.3 Å². The molecule has 0 aromatic rings. The Hall–Kier alpha value is -0.730. The molecule has 1 rings (SSSR count). The van der Waals surface area contributed by atoms with Gasteiger partial charge < -0.3 is 5.11 Å². The van der Waals surface area contributed by atoms with Crippen molar-refractivity contribution >= 4 is 0 Å². The SMILES string of the molecule is [N-]=[N+]=N[C@@H]1CCCCC[C@H]1O. The highest BCUT2D eigenvalue weighted by molar-refractivity contribution is 4.78. The van der Waals surface area contributed by atoms with Crippen molar-refractivity contribution in [3.8, 4) is 0 Å². The molecule has 1 aliphatic carbocycles. The summed E-state index contributed by atoms with van der Waals surface area (Å²) in [6.45, 7) is 0. The van der Waals surface area contributed by atoms with Gasteiger partial charge in [0.25, 0.3) is 0 Å². The summed E-state index contributed by atoms with van der Waals surface area (Å²) in [4.78, 5) is 2.72. The monoisotopic (exact) mass is 155 g/mol. The molecule has 1 aliphatic rings. The van der Waals surface area contributed by atoms with Gasteiger partial charge in [-0.05, 0) is 18.4 Å². The number of hydrogen-bond donors (Lipinski definition) is 1. The van der Waals surface area contributed by atoms with E-state index in [1.165, 1.54) is 0 Å². The molecule has 0 saturated heterocycles. The molecule has 11 heavy (non-hydrogen) atoms. The van der Waals surface area contributed by atoms with Crippen molar-refractivity contribution in [3.05, 3.63) is 10.4 Å². The first kappa shape index (κ1) is 8.37. The predicted octanol–water partition coefficient (Wildman–Crippen LogP) is 1.99. The summed E-state index contributed by atoms with van der Waals surface area (Å²) in [5, 5.41) is 13.0. The topological polar surface area (TPSA) is 69.0 Å². The second-order valence-corrected chi connectivity index (χ2v) is 2.98. The molecule has 1 fully saturated rings. The zero-order valence-electron chi connectivity index (χ0n) is 6.48. The Kier molecular flexibility index (Phi) is 3.20. The zero-order valence-corrected chi connectivity index (χ0v) is 6.48. The van der Waals surface area contributed by atoms with Crippen LogP contribution in [0.5, 0.6) is 0 Å². The van der Waals surface area contributed by atoms with E-state index < -0.39 is 6.10 Å². The maximum absolute atomic E-state index is 9.42. The highest BCUT2D eigenvalue weighted by Crippen LogP contribution is 2.20. The lowest BCUT2D eigenvalue weighted by atomic mass is 10.1. The van der Waals surface area contributed by atoms with Crippen LogP contribution in [0.1, 0.15) is 32.1 Å². The Labute approximate surface area is 65.9 Å². The quantitative estimate of drug-likeness (QED) is 0.267. The van der Waals surface area contributed by atoms with Crippen molar-refractivity contribution in [1.82, 2.24) is 0 Å². The number of aliphatic hydroxyl groups is 1. The molecule has 0 aromatic heterocycles. The van der Waals surface area contributed by atoms with Gasteiger partial charge >= 0.3 is 0 Å². The lowest BCUT2D eigenvalue weighted by Gasteiger charge is -2.13. The van der Waals surface area contributed by atoms with Gasteiger partial charge in [-0.3, -0.25) is 0 Å². The van der Waals surface area contributed by atoms with Crippen LogP contribution in [-0.2, 0) is 0 Å². The van der Waals surface area contributed by atoms with Crippen molar-refractivity contribution < 1.29 is 5.11 Å². The van der Waals surface area contributed by atoms with E-state index in [2.05, 4.69) is 10.0 Å². The van der Waals surface area contributed by atoms with Crippen molar-refractivity contribution in [2.24, 2.45) is 5.11 Å². The van der Waals surface area contributed by atoms with Gasteiger partial charge in [-0.2, -0.15) is 0 Å². The summed E-state index contributed by atoms with van der Waals surface area (Å²) in [7, 11) is 0. The molecule has 4 nitrogen and oxygen atoms in total. The molecule has 2 atom stereocenters. The number of azide groups is 1. The van der Waals surface area contributed by atoms with Crippen molar-refractivity contribution in [1.29, 1.82) is 0 Å². The molecule has 0 radical (unpaired) electrons. The normalized spacial score (nSPS) is 32.1. The van der Waals surface area contributed by atoms with Gasteiger partial charge in [0.1, 0.15) is 0 Å². The fourth-order valence-corrected chi connectivity index (χ4v) is 1.47. The van der Waals surface area contributed by atoms with Crippen LogP contribution in [0.25, 0.3) is 10.4 Å². The summed E-state index contributed by atoms with van der Waals surface area (Å²) in [5.74, 6) is 0. The average molecular weight is 155 g/mol. The average Bonchev–Trinajstić information content (AvgIpc) is 2.18. The van der Waals surface area contributed by atoms with Crippen LogP contribution < -0.4 is 0 Å². The van der Waals surface area contributed by atoms with E-state index in [1.54, 1.807) is 0 Å². The van der Waals surface area contributed by atoms with Crippen LogP contribution in [0.3, 0.4) is 0 Å². The fourth-order valence-electron chi connectivity index (χ4n) is 1.47. The molecular weight excluding hydrogens is 142 g/mol. The van der Waals surface area contributed by atoms with Gasteiger partial charge in [0.05, 0.1) is 12.1 Å². The van der Waals surface area contributed by atoms with Crippen molar-refractivity contribution in [2.45, 2.75) is 44.2 Å². The summed E-state index contributed by atoms with van der Waals surface area (Å²) >= 11 is 0. The molecule has 0 spiro atoms. The fraction of sp³-hybridized carbons (Fsp3) is 1.00. The molecule has 0 aliphatic heterocycles. The first-order chi connectivity index (χ1) is 5.34. The smallest absolute Gasteiger partial charge is 0.0633 e. The lowest BCUT2D eigenvalue weighted by Crippen LogP contribution is -2.21. The molecule has 0 aromatic carbocycles. The van der Waals surface area contributed by atoms with E-state index in [9.17, 15) is 5.11 Å². The van der Waals surface area contributed by atoms with Crippen molar-refractivity contribution in [3.63, 3.8) is 0 Å². The third-order valence-corrected chi connectivity index (χ3v) is 2.14. The van der Waals surface area contributed by atoms with Crippen LogP contribution in [0.15, 0.2) is 5.11 Å². The van der Waals surface area contributed by atoms with E-state index in [0.717, 1.165) is 32.1 Å². The third-order valence-electron chi connectivity index (χ3n) is 2.14. The molecule has 1 saturated carbocycles. The minimum Gasteiger partial charge on any atom is -0.393 e. The van der Waals surface area contributed by atoms with Crippen LogP contribution >= 0.6 is 0 Å². The molecule has 0 heterocycles. The molecule has 4 heteroatoms. The Morgan fingerprint density at radius 3 is 2.73 bits per heavy atom. The second-order valence-electron chi connectivity index (χ2n) is 2.98. The van der Waals surface area contributed by atoms with Crippen LogP contribution in [0.4, 0.5) is 0 Å². The molecular formula is C7H13N3O. The molecule has 0 unspecified atom stereocenters. The predicted molar refractivity (Wildman–Crippen MR) is 42.0 cm³/mol. The number of nitrogens with zero attached hydrogens (tertiary/aromatic N) is 3. The molecule has 1 N–H and O–H groups in total. The van der Waals surface area contributed by atoms with E-state index >= 15 is 0 Å². The van der Waals surface area contributed by atoms with Crippen molar-refractivity contribution in [2.75, 3.05) is 0 Å². The molecule has 0 amide bonds. The van der Waals surface area contributed by atoms with E-state index in [4.69, 9.17) is 5.53 Å². The first-order valence-electron chi connectivity index (χ1n) is 4.07. The van der Waals surface area contributed by atoms with Gasteiger partial charge in [0, 0.05) is 4.91 Å². The van der Waals surface area contributed by atoms with E-state index in [-0.39, 0.29) is 6.04 Å². The Morgan fingerprint density at radius 2 is 2.00 bits per heavy atom. The second kappa shape index (κ2) is 4.21. The Bertz CT molecular complexity index is 165. The standard InChI is InChI=1S/C7H13N3O/c8-10-9-6-4-2-1-3-5-7(6)11/h6-7,11H,1-5H2/t6-,7-/m1/s1. The summed E-state index contributed by atoms with van der Waals surface area (Å²) in [6, 6.07) is -0.178. The third kappa shape index (κ3) is 2.41. The molecule has 0 bridgehead atoms. The summed E-state index contributed by atoms with van der Waals surface area (Å²) < 4.78 is 0. The first-order valence-corrected chi connectivity index (χ1v) is 4.07. The minimum absolute atomic E-state index is 0.178. The Morgan fingerprint density at radius 1 is 1.27 bits per heavy atom. The maximum Gasteiger partial charge on any atom is 0.0633 e. The van der Waals surface area contributed by atoms with Gasteiger partial charge in [-0.15, -0.1) is 0 Å². The number of hydrogen-bond acceptors (Lipinski definition) is 2. The summed E-state index contributed by atoms with van der Waals surface area (Å²) in [5.41, 5.74) is 8.18. The highest BCUT2D eigenvalue weighted by Gasteiger charge is 2.19. The summed E-state index contributed by atoms with van der Waals surface area (Å²) in [6.07, 6.45) is 4.48. The van der Waals surface area contributed by atoms with E-state index in [1.807, 2.05) is 0 Å². The largest absolute Gasteiger partial charge is 0.393 e. The lowest BCUT2D eigenvalue weighted by molar-refractivity contribution is 0.137. The minimum atomic E-state index is -0.409.